The van der Waals surface area contributed by atoms with Crippen molar-refractivity contribution in [2.24, 2.45) is 11.1 Å². The Bertz CT molecular complexity index is 2060. The summed E-state index contributed by atoms with van der Waals surface area (Å²) in [5.41, 5.74) is -0.731. The second-order valence-electron chi connectivity index (χ2n) is 10.4. The van der Waals surface area contributed by atoms with E-state index < -0.39 is 73.8 Å². The topological polar surface area (TPSA) is 149 Å². The number of thiazole rings is 1. The number of nitrogens with two attached hydrogens (primary N) is 1. The smallest absolute Gasteiger partial charge is 0.325 e. The second-order valence-corrected chi connectivity index (χ2v) is 14.1. The number of primary sulfonamides is 1. The Morgan fingerprint density at radius 2 is 1.63 bits per heavy atom. The predicted molar refractivity (Wildman–Crippen MR) is 160 cm³/mol. The van der Waals surface area contributed by atoms with E-state index >= 15 is 0 Å². The molecule has 4 aromatic rings. The van der Waals surface area contributed by atoms with Gasteiger partial charge < -0.3 is 5.32 Å². The number of hydrogen-bond acceptors (Lipinski definition) is 8. The quantitative estimate of drug-likeness (QED) is 0.228. The van der Waals surface area contributed by atoms with Gasteiger partial charge in [-0.05, 0) is 60.2 Å². The van der Waals surface area contributed by atoms with E-state index in [9.17, 15) is 45.2 Å². The molecule has 6 rings (SSSR count). The highest BCUT2D eigenvalue weighted by Gasteiger charge is 2.57. The number of rotatable bonds is 6. The summed E-state index contributed by atoms with van der Waals surface area (Å²) < 4.78 is 78.5. The molecule has 0 spiro atoms. The third-order valence-corrected chi connectivity index (χ3v) is 11.0. The van der Waals surface area contributed by atoms with Crippen LogP contribution in [0.4, 0.5) is 28.9 Å². The average Bonchev–Trinajstić information content (AvgIpc) is 3.43. The van der Waals surface area contributed by atoms with Gasteiger partial charge in [0.25, 0.3) is 0 Å². The molecule has 3 aromatic carbocycles. The van der Waals surface area contributed by atoms with Crippen LogP contribution in [0, 0.1) is 11.7 Å². The number of carbonyl (C=O) groups excluding carboxylic acids is 3. The van der Waals surface area contributed by atoms with Crippen molar-refractivity contribution in [3.05, 3.63) is 104 Å². The number of nitrogens with zero attached hydrogens (tertiary/aromatic N) is 2. The molecule has 2 aliphatic heterocycles. The van der Waals surface area contributed by atoms with E-state index in [1.165, 1.54) is 42.5 Å². The molecule has 1 fully saturated rings. The van der Waals surface area contributed by atoms with Crippen LogP contribution in [0.5, 0.6) is 0 Å². The van der Waals surface area contributed by atoms with E-state index in [2.05, 4.69) is 5.32 Å². The van der Waals surface area contributed by atoms with Crippen molar-refractivity contribution < 1.29 is 40.4 Å². The Morgan fingerprint density at radius 1 is 0.957 bits per heavy atom. The summed E-state index contributed by atoms with van der Waals surface area (Å²) in [4.78, 5) is 54.1. The molecule has 17 heteroatoms. The van der Waals surface area contributed by atoms with Crippen LogP contribution in [-0.4, -0.2) is 36.0 Å². The molecule has 3 N–H and O–H groups in total. The molecule has 2 aliphatic rings. The minimum Gasteiger partial charge on any atom is -0.325 e. The van der Waals surface area contributed by atoms with Gasteiger partial charge in [-0.3, -0.25) is 23.7 Å². The maximum Gasteiger partial charge on any atom is 0.416 e. The van der Waals surface area contributed by atoms with Crippen molar-refractivity contribution in [3.8, 4) is 0 Å². The van der Waals surface area contributed by atoms with Gasteiger partial charge in [-0.15, -0.1) is 0 Å². The number of amides is 3. The largest absolute Gasteiger partial charge is 0.416 e. The lowest BCUT2D eigenvalue weighted by Gasteiger charge is -2.30. The molecule has 3 heterocycles. The highest BCUT2D eigenvalue weighted by atomic mass is 32.2. The van der Waals surface area contributed by atoms with Gasteiger partial charge in [-0.25, -0.2) is 22.8 Å². The first-order chi connectivity index (χ1) is 21.6. The maximum atomic E-state index is 13.9. The molecule has 10 nitrogen and oxygen atoms in total. The van der Waals surface area contributed by atoms with E-state index in [1.807, 2.05) is 0 Å². The first-order valence-corrected chi connectivity index (χ1v) is 16.5. The molecule has 1 saturated heterocycles. The number of benzene rings is 3. The van der Waals surface area contributed by atoms with E-state index in [-0.39, 0.29) is 21.3 Å². The zero-order valence-electron chi connectivity index (χ0n) is 23.0. The van der Waals surface area contributed by atoms with Gasteiger partial charge in [-0.2, -0.15) is 13.2 Å². The fourth-order valence-corrected chi connectivity index (χ4v) is 8.72. The fraction of sp³-hybridized carbons (Fsp3) is 0.172. The van der Waals surface area contributed by atoms with Gasteiger partial charge >= 0.3 is 11.0 Å². The summed E-state index contributed by atoms with van der Waals surface area (Å²) in [6, 6.07) is 13.9. The number of alkyl halides is 3. The third-order valence-electron chi connectivity index (χ3n) is 7.48. The van der Waals surface area contributed by atoms with Crippen LogP contribution in [0.2, 0.25) is 0 Å². The Labute approximate surface area is 265 Å². The van der Waals surface area contributed by atoms with Gasteiger partial charge in [-0.1, -0.05) is 41.3 Å². The summed E-state index contributed by atoms with van der Waals surface area (Å²) in [6.07, 6.45) is -4.73. The lowest BCUT2D eigenvalue weighted by molar-refractivity contribution is -0.137. The van der Waals surface area contributed by atoms with Crippen LogP contribution in [-0.2, 0) is 37.1 Å². The molecule has 0 bridgehead atoms. The number of hydrogen-bond donors (Lipinski definition) is 2. The number of thioether (sulfide) groups is 1. The van der Waals surface area contributed by atoms with Crippen molar-refractivity contribution in [1.29, 1.82) is 0 Å². The first-order valence-electron chi connectivity index (χ1n) is 13.3. The summed E-state index contributed by atoms with van der Waals surface area (Å²) in [5, 5.41) is 6.67. The number of anilines is 2. The number of nitrogens with one attached hydrogen (secondary N) is 1. The summed E-state index contributed by atoms with van der Waals surface area (Å²) in [5.74, 6) is -4.95. The van der Waals surface area contributed by atoms with Crippen molar-refractivity contribution >= 4 is 62.2 Å². The maximum absolute atomic E-state index is 13.9. The predicted octanol–water partition coefficient (Wildman–Crippen LogP) is 4.15. The zero-order chi connectivity index (χ0) is 33.1. The van der Waals surface area contributed by atoms with Gasteiger partial charge in [0, 0.05) is 16.5 Å². The number of halogens is 4. The van der Waals surface area contributed by atoms with E-state index in [0.29, 0.717) is 21.4 Å². The number of fused-ring (bicyclic) bond motifs is 2. The molecule has 0 radical (unpaired) electrons. The Kier molecular flexibility index (Phi) is 7.90. The number of carbonyl (C=O) groups is 3. The molecule has 3 atom stereocenters. The van der Waals surface area contributed by atoms with Crippen LogP contribution in [0.15, 0.2) is 87.5 Å². The van der Waals surface area contributed by atoms with Crippen molar-refractivity contribution in [3.63, 3.8) is 0 Å². The van der Waals surface area contributed by atoms with E-state index in [0.717, 1.165) is 51.9 Å². The lowest BCUT2D eigenvalue weighted by Crippen LogP contribution is -2.33. The Morgan fingerprint density at radius 3 is 2.26 bits per heavy atom. The van der Waals surface area contributed by atoms with Crippen molar-refractivity contribution in [2.45, 2.75) is 33.8 Å². The standard InChI is InChI=1S/C29H20F4N4O6S3/c30-16-6-4-14(5-7-16)21-22-23(26(40)37(25(22)39)18-3-1-2-15(12-18)29(31,32)33)44-27-24(21)45-28(41)36(27)13-20(38)35-17-8-10-19(11-9-17)46(34,42)43/h1-12,21-23H,13H2,(H,35,38)(H2,34,42,43)/t21-,22?,23?/m0/s1. The molecular weight excluding hydrogens is 673 g/mol. The molecule has 3 amide bonds. The molecule has 2 unspecified atom stereocenters. The highest BCUT2D eigenvalue weighted by molar-refractivity contribution is 8.00. The lowest BCUT2D eigenvalue weighted by atomic mass is 9.83. The van der Waals surface area contributed by atoms with Crippen LogP contribution in [0.3, 0.4) is 0 Å². The van der Waals surface area contributed by atoms with Gasteiger partial charge in [0.15, 0.2) is 0 Å². The van der Waals surface area contributed by atoms with Gasteiger partial charge in [0.1, 0.15) is 17.6 Å². The summed E-state index contributed by atoms with van der Waals surface area (Å²) in [6.45, 7) is -0.526. The fourth-order valence-electron chi connectivity index (χ4n) is 5.43. The second kappa shape index (κ2) is 11.5. The van der Waals surface area contributed by atoms with Crippen LogP contribution >= 0.6 is 23.1 Å². The molecule has 46 heavy (non-hydrogen) atoms. The monoisotopic (exact) mass is 692 g/mol. The minimum atomic E-state index is -4.73. The summed E-state index contributed by atoms with van der Waals surface area (Å²) >= 11 is 1.59. The van der Waals surface area contributed by atoms with Gasteiger partial charge in [0.05, 0.1) is 27.1 Å². The molecule has 0 saturated carbocycles. The number of sulfonamides is 1. The molecule has 0 aliphatic carbocycles. The number of aromatic nitrogens is 1. The van der Waals surface area contributed by atoms with Crippen LogP contribution in [0.1, 0.15) is 21.9 Å². The molecular formula is C29H20F4N4O6S3. The molecule has 238 valence electrons. The molecule has 1 aromatic heterocycles. The van der Waals surface area contributed by atoms with Crippen molar-refractivity contribution in [1.82, 2.24) is 4.57 Å². The third kappa shape index (κ3) is 5.74. The normalized spacial score (nSPS) is 19.6. The SMILES string of the molecule is NS(=O)(=O)c1ccc(NC(=O)Cn2c3c(sc2=O)[C@@H](c2ccc(F)cc2)C2C(=O)N(c4cccc(C(F)(F)F)c4)C(=O)C2S3)cc1. The zero-order valence-corrected chi connectivity index (χ0v) is 25.5. The Balaban J connectivity index is 1.37. The average molecular weight is 693 g/mol. The minimum absolute atomic E-state index is 0.179. The van der Waals surface area contributed by atoms with E-state index in [4.69, 9.17) is 5.14 Å². The van der Waals surface area contributed by atoms with Crippen LogP contribution < -0.4 is 20.2 Å². The number of imide groups is 1. The van der Waals surface area contributed by atoms with Crippen LogP contribution in [0.25, 0.3) is 0 Å². The van der Waals surface area contributed by atoms with Crippen molar-refractivity contribution in [2.75, 3.05) is 10.2 Å². The highest BCUT2D eigenvalue weighted by Crippen LogP contribution is 2.54. The summed E-state index contributed by atoms with van der Waals surface area (Å²) in [7, 11) is -3.97. The Hall–Kier alpha value is -4.32. The van der Waals surface area contributed by atoms with Gasteiger partial charge in [0.2, 0.25) is 27.7 Å². The first kappa shape index (κ1) is 31.7. The van der Waals surface area contributed by atoms with E-state index in [1.54, 1.807) is 0 Å².